The highest BCUT2D eigenvalue weighted by atomic mass is 79.9. The Morgan fingerprint density at radius 3 is 2.35 bits per heavy atom. The maximum absolute atomic E-state index is 12.7. The van der Waals surface area contributed by atoms with Crippen LogP contribution >= 0.6 is 15.9 Å². The minimum Gasteiger partial charge on any atom is -0.336 e. The van der Waals surface area contributed by atoms with E-state index in [2.05, 4.69) is 54.2 Å². The predicted octanol–water partition coefficient (Wildman–Crippen LogP) is 3.04. The fourth-order valence-corrected chi connectivity index (χ4v) is 2.69. The summed E-state index contributed by atoms with van der Waals surface area (Å²) in [4.78, 5) is 14.7. The summed E-state index contributed by atoms with van der Waals surface area (Å²) < 4.78 is 1.07. The van der Waals surface area contributed by atoms with Gasteiger partial charge in [-0.1, -0.05) is 35.0 Å². The van der Waals surface area contributed by atoms with E-state index in [0.29, 0.717) is 12.5 Å². The maximum atomic E-state index is 12.7. The molecule has 3 nitrogen and oxygen atoms in total. The SMILES string of the molecule is CC(C(=O)N(Cc1ccc(Br)cc1)C(C)C)C1CNC1. The van der Waals surface area contributed by atoms with Crippen molar-refractivity contribution in [2.24, 2.45) is 11.8 Å². The molecule has 1 amide bonds. The van der Waals surface area contributed by atoms with E-state index in [4.69, 9.17) is 0 Å². The van der Waals surface area contributed by atoms with E-state index in [9.17, 15) is 4.79 Å². The van der Waals surface area contributed by atoms with Gasteiger partial charge < -0.3 is 10.2 Å². The van der Waals surface area contributed by atoms with Gasteiger partial charge in [0.15, 0.2) is 0 Å². The number of benzene rings is 1. The molecular weight excluding hydrogens is 316 g/mol. The first-order valence-corrected chi connectivity index (χ1v) is 8.04. The fraction of sp³-hybridized carbons (Fsp3) is 0.562. The zero-order valence-corrected chi connectivity index (χ0v) is 14.0. The van der Waals surface area contributed by atoms with E-state index in [0.717, 1.165) is 17.6 Å². The third-order valence-electron chi connectivity index (χ3n) is 4.08. The average molecular weight is 339 g/mol. The van der Waals surface area contributed by atoms with E-state index >= 15 is 0 Å². The molecule has 1 aromatic rings. The number of carbonyl (C=O) groups is 1. The van der Waals surface area contributed by atoms with Crippen molar-refractivity contribution in [1.82, 2.24) is 10.2 Å². The molecule has 4 heteroatoms. The van der Waals surface area contributed by atoms with Crippen molar-refractivity contribution in [2.45, 2.75) is 33.4 Å². The molecule has 0 radical (unpaired) electrons. The van der Waals surface area contributed by atoms with Crippen molar-refractivity contribution in [3.05, 3.63) is 34.3 Å². The largest absolute Gasteiger partial charge is 0.336 e. The van der Waals surface area contributed by atoms with Crippen LogP contribution in [-0.2, 0) is 11.3 Å². The number of nitrogens with zero attached hydrogens (tertiary/aromatic N) is 1. The fourth-order valence-electron chi connectivity index (χ4n) is 2.43. The number of carbonyl (C=O) groups excluding carboxylic acids is 1. The van der Waals surface area contributed by atoms with Crippen molar-refractivity contribution in [1.29, 1.82) is 0 Å². The molecule has 0 bridgehead atoms. The van der Waals surface area contributed by atoms with Gasteiger partial charge >= 0.3 is 0 Å². The summed E-state index contributed by atoms with van der Waals surface area (Å²) in [5.74, 6) is 0.872. The highest BCUT2D eigenvalue weighted by Gasteiger charge is 2.32. The first kappa shape index (κ1) is 15.5. The summed E-state index contributed by atoms with van der Waals surface area (Å²) >= 11 is 3.44. The molecule has 110 valence electrons. The normalized spacial score (nSPS) is 16.9. The van der Waals surface area contributed by atoms with E-state index in [1.165, 1.54) is 5.56 Å². The molecule has 0 aromatic heterocycles. The van der Waals surface area contributed by atoms with E-state index < -0.39 is 0 Å². The smallest absolute Gasteiger partial charge is 0.226 e. The Bertz CT molecular complexity index is 454. The molecule has 20 heavy (non-hydrogen) atoms. The van der Waals surface area contributed by atoms with Gasteiger partial charge in [-0.25, -0.2) is 0 Å². The van der Waals surface area contributed by atoms with Gasteiger partial charge in [-0.3, -0.25) is 4.79 Å². The van der Waals surface area contributed by atoms with Crippen LogP contribution in [0.15, 0.2) is 28.7 Å². The second kappa shape index (κ2) is 6.72. The second-order valence-electron chi connectivity index (χ2n) is 5.89. The van der Waals surface area contributed by atoms with Gasteiger partial charge in [0.1, 0.15) is 0 Å². The molecule has 0 saturated carbocycles. The highest BCUT2D eigenvalue weighted by Crippen LogP contribution is 2.21. The molecular formula is C16H23BrN2O. The molecule has 0 spiro atoms. The Balaban J connectivity index is 2.06. The number of rotatable bonds is 5. The number of halogens is 1. The van der Waals surface area contributed by atoms with Gasteiger partial charge in [0.05, 0.1) is 0 Å². The minimum absolute atomic E-state index is 0.106. The molecule has 1 atom stereocenters. The molecule has 1 aliphatic rings. The van der Waals surface area contributed by atoms with Crippen LogP contribution in [0.5, 0.6) is 0 Å². The van der Waals surface area contributed by atoms with Crippen LogP contribution in [0.4, 0.5) is 0 Å². The number of nitrogens with one attached hydrogen (secondary N) is 1. The first-order valence-electron chi connectivity index (χ1n) is 7.24. The van der Waals surface area contributed by atoms with E-state index in [1.807, 2.05) is 17.0 Å². The van der Waals surface area contributed by atoms with Gasteiger partial charge in [0.25, 0.3) is 0 Å². The number of hydrogen-bond acceptors (Lipinski definition) is 2. The molecule has 1 unspecified atom stereocenters. The lowest BCUT2D eigenvalue weighted by molar-refractivity contribution is -0.139. The van der Waals surface area contributed by atoms with Crippen molar-refractivity contribution in [2.75, 3.05) is 13.1 Å². The van der Waals surface area contributed by atoms with E-state index in [-0.39, 0.29) is 17.9 Å². The van der Waals surface area contributed by atoms with Crippen LogP contribution in [0, 0.1) is 11.8 Å². The van der Waals surface area contributed by atoms with Crippen LogP contribution in [0.1, 0.15) is 26.3 Å². The summed E-state index contributed by atoms with van der Waals surface area (Å²) in [6.45, 7) is 8.86. The standard InChI is InChI=1S/C16H23BrN2O/c1-11(2)19(10-13-4-6-15(17)7-5-13)16(20)12(3)14-8-18-9-14/h4-7,11-12,14,18H,8-10H2,1-3H3. The maximum Gasteiger partial charge on any atom is 0.226 e. The molecule has 2 rings (SSSR count). The zero-order valence-electron chi connectivity index (χ0n) is 12.4. The second-order valence-corrected chi connectivity index (χ2v) is 6.81. The number of hydrogen-bond donors (Lipinski definition) is 1. The van der Waals surface area contributed by atoms with Crippen LogP contribution in [-0.4, -0.2) is 29.9 Å². The lowest BCUT2D eigenvalue weighted by atomic mass is 9.87. The number of amides is 1. The van der Waals surface area contributed by atoms with Gasteiger partial charge in [-0.2, -0.15) is 0 Å². The molecule has 1 N–H and O–H groups in total. The molecule has 1 aromatic carbocycles. The van der Waals surface area contributed by atoms with Gasteiger partial charge in [-0.15, -0.1) is 0 Å². The topological polar surface area (TPSA) is 32.3 Å². The van der Waals surface area contributed by atoms with Crippen molar-refractivity contribution in [3.63, 3.8) is 0 Å². The Hall–Kier alpha value is -0.870. The third kappa shape index (κ3) is 3.61. The summed E-state index contributed by atoms with van der Waals surface area (Å²) in [5, 5.41) is 3.25. The van der Waals surface area contributed by atoms with Gasteiger partial charge in [-0.05, 0) is 50.6 Å². The van der Waals surface area contributed by atoms with Crippen molar-refractivity contribution < 1.29 is 4.79 Å². The first-order chi connectivity index (χ1) is 9.49. The summed E-state index contributed by atoms with van der Waals surface area (Å²) in [6, 6.07) is 8.42. The highest BCUT2D eigenvalue weighted by molar-refractivity contribution is 9.10. The third-order valence-corrected chi connectivity index (χ3v) is 4.61. The predicted molar refractivity (Wildman–Crippen MR) is 85.4 cm³/mol. The lowest BCUT2D eigenvalue weighted by Crippen LogP contribution is -2.51. The van der Waals surface area contributed by atoms with Crippen LogP contribution in [0.25, 0.3) is 0 Å². The summed E-state index contributed by atoms with van der Waals surface area (Å²) in [7, 11) is 0. The van der Waals surface area contributed by atoms with Crippen LogP contribution in [0.2, 0.25) is 0 Å². The monoisotopic (exact) mass is 338 g/mol. The van der Waals surface area contributed by atoms with Gasteiger partial charge in [0, 0.05) is 23.0 Å². The summed E-state index contributed by atoms with van der Waals surface area (Å²) in [6.07, 6.45) is 0. The van der Waals surface area contributed by atoms with Crippen molar-refractivity contribution in [3.8, 4) is 0 Å². The van der Waals surface area contributed by atoms with Crippen molar-refractivity contribution >= 4 is 21.8 Å². The summed E-state index contributed by atoms with van der Waals surface area (Å²) in [5.41, 5.74) is 1.18. The Morgan fingerprint density at radius 2 is 1.90 bits per heavy atom. The lowest BCUT2D eigenvalue weighted by Gasteiger charge is -2.36. The van der Waals surface area contributed by atoms with Crippen LogP contribution < -0.4 is 5.32 Å². The Labute approximate surface area is 129 Å². The quantitative estimate of drug-likeness (QED) is 0.894. The Morgan fingerprint density at radius 1 is 1.30 bits per heavy atom. The minimum atomic E-state index is 0.106. The Kier molecular flexibility index (Phi) is 5.22. The zero-order chi connectivity index (χ0) is 14.7. The van der Waals surface area contributed by atoms with E-state index in [1.54, 1.807) is 0 Å². The molecule has 0 aliphatic carbocycles. The van der Waals surface area contributed by atoms with Crippen LogP contribution in [0.3, 0.4) is 0 Å². The molecule has 1 aliphatic heterocycles. The molecule has 1 heterocycles. The molecule has 1 fully saturated rings. The average Bonchev–Trinajstić information content (AvgIpc) is 2.34. The van der Waals surface area contributed by atoms with Gasteiger partial charge in [0.2, 0.25) is 5.91 Å². The molecule has 1 saturated heterocycles.